The molecule has 2 rings (SSSR count). The lowest BCUT2D eigenvalue weighted by atomic mass is 10.2. The van der Waals surface area contributed by atoms with E-state index in [1.807, 2.05) is 30.3 Å². The second kappa shape index (κ2) is 4.62. The van der Waals surface area contributed by atoms with Crippen LogP contribution >= 0.6 is 0 Å². The van der Waals surface area contributed by atoms with Gasteiger partial charge in [-0.15, -0.1) is 0 Å². The minimum Gasteiger partial charge on any atom is -0.311 e. The van der Waals surface area contributed by atoms with Gasteiger partial charge < -0.3 is 4.90 Å². The minimum atomic E-state index is -0.165. The van der Waals surface area contributed by atoms with Crippen molar-refractivity contribution < 1.29 is 6.17 Å². The van der Waals surface area contributed by atoms with Crippen LogP contribution in [-0.4, -0.2) is 13.0 Å². The Bertz CT molecular complexity index is 525. The van der Waals surface area contributed by atoms with E-state index in [-0.39, 0.29) is 11.9 Å². The number of benzene rings is 2. The fourth-order valence-electron chi connectivity index (χ4n) is 1.48. The highest BCUT2D eigenvalue weighted by molar-refractivity contribution is 6.05. The lowest BCUT2D eigenvalue weighted by Gasteiger charge is -2.17. The van der Waals surface area contributed by atoms with Crippen LogP contribution < -0.4 is 4.90 Å². The number of carbonyl (C=O) groups excluding carboxylic acids is 1. The highest BCUT2D eigenvalue weighted by Gasteiger charge is 2.11. The largest absolute Gasteiger partial charge is 0.311 e. The van der Waals surface area contributed by atoms with Gasteiger partial charge in [-0.25, -0.2) is 0 Å². The summed E-state index contributed by atoms with van der Waals surface area (Å²) in [6, 6.07) is 16.5. The Balaban J connectivity index is 2.30. The van der Waals surface area contributed by atoms with Gasteiger partial charge in [-0.3, -0.25) is 4.79 Å². The van der Waals surface area contributed by atoms with Crippen molar-refractivity contribution in [3.05, 3.63) is 66.2 Å². The SMILES string of the molecule is [2H]c1ccccc1C(=O)N(C)c1ccccc1. The number of hydrogen-bond donors (Lipinski definition) is 0. The molecule has 0 saturated carbocycles. The van der Waals surface area contributed by atoms with E-state index in [0.717, 1.165) is 5.69 Å². The predicted molar refractivity (Wildman–Crippen MR) is 65.6 cm³/mol. The van der Waals surface area contributed by atoms with Gasteiger partial charge in [0.25, 0.3) is 5.91 Å². The summed E-state index contributed by atoms with van der Waals surface area (Å²) in [5.74, 6) is -0.165. The van der Waals surface area contributed by atoms with Crippen molar-refractivity contribution in [3.8, 4) is 0 Å². The van der Waals surface area contributed by atoms with Crippen molar-refractivity contribution in [3.63, 3.8) is 0 Å². The quantitative estimate of drug-likeness (QED) is 0.749. The molecule has 0 atom stereocenters. The molecule has 2 heteroatoms. The molecule has 80 valence electrons. The van der Waals surface area contributed by atoms with Gasteiger partial charge in [-0.2, -0.15) is 0 Å². The lowest BCUT2D eigenvalue weighted by Crippen LogP contribution is -2.25. The van der Waals surface area contributed by atoms with Crippen LogP contribution in [0, 0.1) is 0 Å². The lowest BCUT2D eigenvalue weighted by molar-refractivity contribution is 0.0993. The van der Waals surface area contributed by atoms with Gasteiger partial charge in [0.15, 0.2) is 0 Å². The molecule has 0 aromatic heterocycles. The number of amides is 1. The smallest absolute Gasteiger partial charge is 0.258 e. The summed E-state index contributed by atoms with van der Waals surface area (Å²) in [5, 5.41) is 0. The van der Waals surface area contributed by atoms with Gasteiger partial charge in [-0.05, 0) is 24.2 Å². The van der Waals surface area contributed by atoms with Crippen LogP contribution in [0.1, 0.15) is 11.7 Å². The van der Waals surface area contributed by atoms with Crippen LogP contribution in [0.15, 0.2) is 60.6 Å². The molecule has 0 fully saturated rings. The Morgan fingerprint density at radius 2 is 1.69 bits per heavy atom. The Morgan fingerprint density at radius 1 is 1.06 bits per heavy atom. The maximum Gasteiger partial charge on any atom is 0.258 e. The number of para-hydroxylation sites is 1. The molecule has 0 aliphatic heterocycles. The van der Waals surface area contributed by atoms with Crippen molar-refractivity contribution in [2.75, 3.05) is 11.9 Å². The number of nitrogens with zero attached hydrogens (tertiary/aromatic N) is 1. The van der Waals surface area contributed by atoms with E-state index in [4.69, 9.17) is 1.37 Å². The fourth-order valence-corrected chi connectivity index (χ4v) is 1.48. The first-order valence-electron chi connectivity index (χ1n) is 5.59. The van der Waals surface area contributed by atoms with Gasteiger partial charge in [-0.1, -0.05) is 36.4 Å². The van der Waals surface area contributed by atoms with E-state index in [1.165, 1.54) is 0 Å². The topological polar surface area (TPSA) is 20.3 Å². The second-order valence-corrected chi connectivity index (χ2v) is 3.48. The molecule has 2 aromatic rings. The second-order valence-electron chi connectivity index (χ2n) is 3.48. The van der Waals surface area contributed by atoms with Crippen molar-refractivity contribution in [1.29, 1.82) is 0 Å². The van der Waals surface area contributed by atoms with Gasteiger partial charge in [0, 0.05) is 18.3 Å². The van der Waals surface area contributed by atoms with Crippen LogP contribution in [0.3, 0.4) is 0 Å². The van der Waals surface area contributed by atoms with Crippen molar-refractivity contribution in [1.82, 2.24) is 0 Å². The Hall–Kier alpha value is -2.09. The molecule has 0 radical (unpaired) electrons. The van der Waals surface area contributed by atoms with Gasteiger partial charge >= 0.3 is 0 Å². The Morgan fingerprint density at radius 3 is 2.38 bits per heavy atom. The monoisotopic (exact) mass is 212 g/mol. The molecule has 2 nitrogen and oxygen atoms in total. The summed E-state index contributed by atoms with van der Waals surface area (Å²) in [6.07, 6.45) is 0. The van der Waals surface area contributed by atoms with E-state index in [1.54, 1.807) is 36.2 Å². The zero-order valence-corrected chi connectivity index (χ0v) is 9.05. The molecule has 2 aromatic carbocycles. The van der Waals surface area contributed by atoms with Gasteiger partial charge in [0.2, 0.25) is 0 Å². The average Bonchev–Trinajstić information content (AvgIpc) is 2.39. The van der Waals surface area contributed by atoms with Crippen molar-refractivity contribution in [2.24, 2.45) is 0 Å². The van der Waals surface area contributed by atoms with E-state index < -0.39 is 0 Å². The maximum absolute atomic E-state index is 12.2. The molecule has 0 aliphatic carbocycles. The molecular weight excluding hydrogens is 198 g/mol. The van der Waals surface area contributed by atoms with E-state index in [0.29, 0.717) is 5.56 Å². The maximum atomic E-state index is 12.2. The number of carbonyl (C=O) groups is 1. The standard InChI is InChI=1S/C14H13NO/c1-15(13-10-6-3-7-11-13)14(16)12-8-4-2-5-9-12/h2-11H,1H3/i8D. The average molecular weight is 212 g/mol. The first kappa shape index (κ1) is 9.16. The highest BCUT2D eigenvalue weighted by atomic mass is 16.2. The fraction of sp³-hybridized carbons (Fsp3) is 0.0714. The number of rotatable bonds is 2. The zero-order valence-electron chi connectivity index (χ0n) is 10.1. The van der Waals surface area contributed by atoms with Crippen LogP contribution in [-0.2, 0) is 0 Å². The molecule has 0 saturated heterocycles. The van der Waals surface area contributed by atoms with Crippen LogP contribution in [0.2, 0.25) is 0 Å². The summed E-state index contributed by atoms with van der Waals surface area (Å²) in [5.41, 5.74) is 1.24. The first-order valence-corrected chi connectivity index (χ1v) is 5.09. The normalized spacial score (nSPS) is 10.7. The third-order valence-corrected chi connectivity index (χ3v) is 2.39. The van der Waals surface area contributed by atoms with Gasteiger partial charge in [0.05, 0.1) is 1.37 Å². The van der Waals surface area contributed by atoms with Gasteiger partial charge in [0.1, 0.15) is 0 Å². The Kier molecular flexibility index (Phi) is 2.64. The van der Waals surface area contributed by atoms with Crippen LogP contribution in [0.25, 0.3) is 0 Å². The van der Waals surface area contributed by atoms with E-state index >= 15 is 0 Å². The third-order valence-electron chi connectivity index (χ3n) is 2.39. The number of hydrogen-bond acceptors (Lipinski definition) is 1. The van der Waals surface area contributed by atoms with Crippen LogP contribution in [0.4, 0.5) is 5.69 Å². The number of anilines is 1. The van der Waals surface area contributed by atoms with Crippen LogP contribution in [0.5, 0.6) is 0 Å². The molecule has 0 spiro atoms. The molecule has 16 heavy (non-hydrogen) atoms. The molecule has 0 bridgehead atoms. The molecule has 0 heterocycles. The summed E-state index contributed by atoms with van der Waals surface area (Å²) < 4.78 is 7.71. The first-order chi connectivity index (χ1) is 8.20. The third kappa shape index (κ3) is 2.11. The van der Waals surface area contributed by atoms with Crippen molar-refractivity contribution in [2.45, 2.75) is 0 Å². The summed E-state index contributed by atoms with van der Waals surface area (Å²) >= 11 is 0. The molecular formula is C14H13NO. The predicted octanol–water partition coefficient (Wildman–Crippen LogP) is 2.96. The molecule has 0 N–H and O–H groups in total. The minimum absolute atomic E-state index is 0.165. The van der Waals surface area contributed by atoms with E-state index in [9.17, 15) is 4.79 Å². The van der Waals surface area contributed by atoms with Crippen molar-refractivity contribution >= 4 is 11.6 Å². The van der Waals surface area contributed by atoms with E-state index in [2.05, 4.69) is 0 Å². The molecule has 0 aliphatic rings. The summed E-state index contributed by atoms with van der Waals surface area (Å²) in [4.78, 5) is 13.7. The highest BCUT2D eigenvalue weighted by Crippen LogP contribution is 2.14. The zero-order chi connectivity index (χ0) is 12.3. The summed E-state index contributed by atoms with van der Waals surface area (Å²) in [7, 11) is 1.71. The Labute approximate surface area is 96.5 Å². The molecule has 1 amide bonds. The molecule has 0 unspecified atom stereocenters. The summed E-state index contributed by atoms with van der Waals surface area (Å²) in [6.45, 7) is 0.